The van der Waals surface area contributed by atoms with Crippen LogP contribution in [0.3, 0.4) is 0 Å². The third kappa shape index (κ3) is 3.61. The summed E-state index contributed by atoms with van der Waals surface area (Å²) in [4.78, 5) is 26.2. The zero-order chi connectivity index (χ0) is 9.27. The number of nitrogens with two attached hydrogens (primary N) is 1. The van der Waals surface area contributed by atoms with Gasteiger partial charge >= 0.3 is 68.5 Å². The predicted octanol–water partition coefficient (Wildman–Crippen LogP) is 0.129. The van der Waals surface area contributed by atoms with E-state index < -0.39 is 7.66 Å². The first-order chi connectivity index (χ1) is 5.33. The maximum atomic E-state index is 8.73. The summed E-state index contributed by atoms with van der Waals surface area (Å²) < 4.78 is 4.36. The Morgan fingerprint density at radius 3 is 2.00 bits per heavy atom. The monoisotopic (exact) mass is 191 g/mol. The van der Waals surface area contributed by atoms with Gasteiger partial charge in [0.15, 0.2) is 0 Å². The van der Waals surface area contributed by atoms with Gasteiger partial charge in [0.25, 0.3) is 0 Å². The van der Waals surface area contributed by atoms with Crippen LogP contribution in [-0.4, -0.2) is 14.7 Å². The summed E-state index contributed by atoms with van der Waals surface area (Å²) >= 11 is 0. The van der Waals surface area contributed by atoms with Crippen molar-refractivity contribution in [3.63, 3.8) is 0 Å². The van der Waals surface area contributed by atoms with Crippen LogP contribution in [-0.2, 0) is 0 Å². The number of para-hydroxylation sites is 1. The van der Waals surface area contributed by atoms with Crippen LogP contribution in [0, 0.1) is 0 Å². The summed E-state index contributed by atoms with van der Waals surface area (Å²) in [5, 5.41) is 0. The summed E-state index contributed by atoms with van der Waals surface area (Å²) in [6.45, 7) is 0. The van der Waals surface area contributed by atoms with Crippen LogP contribution in [0.25, 0.3) is 0 Å². The van der Waals surface area contributed by atoms with Gasteiger partial charge in [0.1, 0.15) is 0 Å². The topological polar surface area (TPSA) is 95.9 Å². The molecular weight excluding hydrogens is 181 g/mol. The van der Waals surface area contributed by atoms with E-state index in [0.717, 1.165) is 0 Å². The Balaban J connectivity index is 2.79. The van der Waals surface area contributed by atoms with Crippen molar-refractivity contribution in [2.45, 2.75) is 0 Å². The average molecular weight is 191 g/mol. The van der Waals surface area contributed by atoms with Crippen molar-refractivity contribution in [2.24, 2.45) is 5.50 Å². The zero-order valence-corrected chi connectivity index (χ0v) is 7.06. The summed E-state index contributed by atoms with van der Waals surface area (Å²) in [5.74, 6) is 0.102. The minimum atomic E-state index is -5.35. The molecule has 0 atom stereocenters. The molecule has 0 amide bonds. The van der Waals surface area contributed by atoms with Crippen LogP contribution in [0.1, 0.15) is 0 Å². The second-order valence-corrected chi connectivity index (χ2v) is 4.48. The van der Waals surface area contributed by atoms with E-state index in [-0.39, 0.29) is 5.75 Å². The Morgan fingerprint density at radius 1 is 1.08 bits per heavy atom. The number of benzene rings is 1. The molecule has 0 spiro atoms. The molecule has 6 heteroatoms. The molecule has 0 fully saturated rings. The number of rotatable bonds is 2. The van der Waals surface area contributed by atoms with E-state index in [4.69, 9.17) is 14.7 Å². The van der Waals surface area contributed by atoms with E-state index in [1.54, 1.807) is 18.2 Å². The number of hydrogen-bond acceptors (Lipinski definition) is 5. The standard InChI is InChI=1S/C6H10NO4P/c7-12(8,9,10)11-6-4-2-1-3-5-6/h1-5,8-10H,7H2. The van der Waals surface area contributed by atoms with Crippen molar-refractivity contribution in [2.75, 3.05) is 0 Å². The van der Waals surface area contributed by atoms with E-state index in [0.29, 0.717) is 0 Å². The molecule has 68 valence electrons. The van der Waals surface area contributed by atoms with E-state index in [1.807, 2.05) is 0 Å². The maximum absolute atomic E-state index is 8.73. The van der Waals surface area contributed by atoms with Crippen LogP contribution < -0.4 is 10.0 Å². The first kappa shape index (κ1) is 9.38. The molecule has 0 aliphatic carbocycles. The molecule has 0 aromatic heterocycles. The molecule has 0 aliphatic rings. The van der Waals surface area contributed by atoms with Crippen molar-refractivity contribution >= 4 is 7.66 Å². The fraction of sp³-hybridized carbons (Fsp3) is 0. The Kier molecular flexibility index (Phi) is 2.07. The summed E-state index contributed by atoms with van der Waals surface area (Å²) in [7, 11) is -5.35. The first-order valence-electron chi connectivity index (χ1n) is 3.16. The molecule has 0 saturated heterocycles. The Labute approximate surface area is 69.3 Å². The SMILES string of the molecule is NP(O)(O)(O)Oc1ccccc1. The molecule has 1 rings (SSSR count). The normalized spacial score (nSPS) is 14.8. The molecule has 12 heavy (non-hydrogen) atoms. The van der Waals surface area contributed by atoms with Crippen LogP contribution in [0.2, 0.25) is 0 Å². The van der Waals surface area contributed by atoms with Crippen LogP contribution >= 0.6 is 7.66 Å². The third-order valence-corrected chi connectivity index (χ3v) is 1.58. The van der Waals surface area contributed by atoms with Gasteiger partial charge in [-0.25, -0.2) is 0 Å². The van der Waals surface area contributed by atoms with E-state index in [1.165, 1.54) is 12.1 Å². The molecule has 0 saturated carbocycles. The average Bonchev–Trinajstić information content (AvgIpc) is 1.83. The predicted molar refractivity (Wildman–Crippen MR) is 44.8 cm³/mol. The van der Waals surface area contributed by atoms with Gasteiger partial charge in [0, 0.05) is 0 Å². The molecule has 5 nitrogen and oxygen atoms in total. The van der Waals surface area contributed by atoms with E-state index in [9.17, 15) is 0 Å². The Hall–Kier alpha value is -0.710. The van der Waals surface area contributed by atoms with Crippen molar-refractivity contribution in [3.05, 3.63) is 30.3 Å². The number of hydrogen-bond donors (Lipinski definition) is 4. The quantitative estimate of drug-likeness (QED) is 0.498. The first-order valence-corrected chi connectivity index (χ1v) is 5.24. The molecular formula is C6H10NO4P. The molecule has 1 aromatic carbocycles. The molecule has 5 N–H and O–H groups in total. The van der Waals surface area contributed by atoms with Gasteiger partial charge in [0.2, 0.25) is 0 Å². The Morgan fingerprint density at radius 2 is 1.58 bits per heavy atom. The van der Waals surface area contributed by atoms with E-state index in [2.05, 4.69) is 10.0 Å². The van der Waals surface area contributed by atoms with Gasteiger partial charge in [-0.1, -0.05) is 0 Å². The van der Waals surface area contributed by atoms with E-state index >= 15 is 0 Å². The van der Waals surface area contributed by atoms with Crippen molar-refractivity contribution in [3.8, 4) is 5.75 Å². The van der Waals surface area contributed by atoms with Gasteiger partial charge < -0.3 is 0 Å². The van der Waals surface area contributed by atoms with Crippen molar-refractivity contribution < 1.29 is 19.2 Å². The minimum absolute atomic E-state index is 0.102. The van der Waals surface area contributed by atoms with Crippen LogP contribution in [0.15, 0.2) is 30.3 Å². The second-order valence-electron chi connectivity index (χ2n) is 2.37. The second kappa shape index (κ2) is 2.65. The molecule has 0 unspecified atom stereocenters. The Bertz CT molecular complexity index is 259. The third-order valence-electron chi connectivity index (χ3n) is 1.02. The van der Waals surface area contributed by atoms with Gasteiger partial charge in [-0.15, -0.1) is 0 Å². The molecule has 0 bridgehead atoms. The summed E-state index contributed by atoms with van der Waals surface area (Å²) in [5.41, 5.74) is 4.69. The van der Waals surface area contributed by atoms with Crippen molar-refractivity contribution in [1.29, 1.82) is 0 Å². The van der Waals surface area contributed by atoms with Gasteiger partial charge in [-0.3, -0.25) is 0 Å². The molecule has 0 radical (unpaired) electrons. The molecule has 1 aromatic rings. The fourth-order valence-electron chi connectivity index (χ4n) is 0.684. The van der Waals surface area contributed by atoms with Crippen LogP contribution in [0.5, 0.6) is 5.75 Å². The molecule has 0 aliphatic heterocycles. The molecule has 0 heterocycles. The summed E-state index contributed by atoms with van der Waals surface area (Å²) in [6.07, 6.45) is 0. The fourth-order valence-corrected chi connectivity index (χ4v) is 1.21. The van der Waals surface area contributed by atoms with Crippen molar-refractivity contribution in [1.82, 2.24) is 0 Å². The van der Waals surface area contributed by atoms with Crippen LogP contribution in [0.4, 0.5) is 0 Å². The zero-order valence-electron chi connectivity index (χ0n) is 6.16. The van der Waals surface area contributed by atoms with Gasteiger partial charge in [0.05, 0.1) is 0 Å². The van der Waals surface area contributed by atoms with Gasteiger partial charge in [-0.05, 0) is 0 Å². The van der Waals surface area contributed by atoms with Gasteiger partial charge in [-0.2, -0.15) is 0 Å². The summed E-state index contributed by atoms with van der Waals surface area (Å²) in [6, 6.07) is 7.81.